The van der Waals surface area contributed by atoms with Crippen LogP contribution in [0.3, 0.4) is 0 Å². The SMILES string of the molecule is [2H]C1(n2c(C)nc3cc(F)cc(N)c3c2=O)CCC(=O)NC1=O. The van der Waals surface area contributed by atoms with E-state index in [4.69, 9.17) is 7.10 Å². The lowest BCUT2D eigenvalue weighted by Crippen LogP contribution is -2.45. The molecule has 1 atom stereocenters. The van der Waals surface area contributed by atoms with Gasteiger partial charge in [-0.3, -0.25) is 24.3 Å². The maximum absolute atomic E-state index is 13.4. The number of piperidine rings is 1. The van der Waals surface area contributed by atoms with Crippen molar-refractivity contribution in [3.8, 4) is 0 Å². The van der Waals surface area contributed by atoms with Crippen LogP contribution in [0.4, 0.5) is 10.1 Å². The number of nitrogens with zero attached hydrogens (tertiary/aromatic N) is 2. The summed E-state index contributed by atoms with van der Waals surface area (Å²) in [6, 6.07) is 0.0365. The molecule has 2 aromatic rings. The number of amides is 2. The fourth-order valence-electron chi connectivity index (χ4n) is 2.56. The summed E-state index contributed by atoms with van der Waals surface area (Å²) in [5, 5.41) is 1.99. The quantitative estimate of drug-likeness (QED) is 0.586. The molecule has 1 fully saturated rings. The Hall–Kier alpha value is -2.77. The van der Waals surface area contributed by atoms with E-state index in [0.29, 0.717) is 0 Å². The van der Waals surface area contributed by atoms with Crippen LogP contribution < -0.4 is 16.6 Å². The van der Waals surface area contributed by atoms with E-state index in [-0.39, 0.29) is 35.3 Å². The smallest absolute Gasteiger partial charge is 0.264 e. The molecule has 22 heavy (non-hydrogen) atoms. The minimum atomic E-state index is -2.00. The number of fused-ring (bicyclic) bond motifs is 1. The highest BCUT2D eigenvalue weighted by Gasteiger charge is 2.30. The lowest BCUT2D eigenvalue weighted by atomic mass is 10.1. The maximum Gasteiger partial charge on any atom is 0.264 e. The molecule has 0 bridgehead atoms. The van der Waals surface area contributed by atoms with Gasteiger partial charge in [-0.05, 0) is 19.4 Å². The number of halogens is 1. The number of rotatable bonds is 1. The molecule has 1 saturated heterocycles. The number of carbonyl (C=O) groups is 2. The van der Waals surface area contributed by atoms with Gasteiger partial charge in [-0.2, -0.15) is 0 Å². The maximum atomic E-state index is 13.4. The van der Waals surface area contributed by atoms with Gasteiger partial charge in [0.2, 0.25) is 11.8 Å². The molecular weight excluding hydrogens is 291 g/mol. The molecule has 114 valence electrons. The fourth-order valence-corrected chi connectivity index (χ4v) is 2.56. The molecule has 0 saturated carbocycles. The Bertz CT molecular complexity index is 926. The second-order valence-corrected chi connectivity index (χ2v) is 5.01. The highest BCUT2D eigenvalue weighted by atomic mass is 19.1. The van der Waals surface area contributed by atoms with Gasteiger partial charge in [-0.15, -0.1) is 0 Å². The zero-order valence-corrected chi connectivity index (χ0v) is 11.6. The number of nitrogens with one attached hydrogen (secondary N) is 1. The van der Waals surface area contributed by atoms with Crippen LogP contribution in [0.15, 0.2) is 16.9 Å². The summed E-state index contributed by atoms with van der Waals surface area (Å²) < 4.78 is 22.7. The number of aromatic nitrogens is 2. The molecule has 1 aromatic heterocycles. The molecule has 7 nitrogen and oxygen atoms in total. The Labute approximate surface area is 125 Å². The van der Waals surface area contributed by atoms with Crippen LogP contribution in [-0.4, -0.2) is 21.4 Å². The molecule has 1 aliphatic heterocycles. The van der Waals surface area contributed by atoms with Crippen molar-refractivity contribution in [2.24, 2.45) is 0 Å². The first-order valence-corrected chi connectivity index (χ1v) is 6.57. The summed E-state index contributed by atoms with van der Waals surface area (Å²) in [4.78, 5) is 40.2. The van der Waals surface area contributed by atoms with E-state index in [1.165, 1.54) is 6.92 Å². The van der Waals surface area contributed by atoms with Gasteiger partial charge in [0.1, 0.15) is 17.7 Å². The van der Waals surface area contributed by atoms with E-state index in [1.807, 2.05) is 0 Å². The molecule has 3 rings (SSSR count). The molecule has 0 radical (unpaired) electrons. The van der Waals surface area contributed by atoms with Crippen LogP contribution in [-0.2, 0) is 9.59 Å². The lowest BCUT2D eigenvalue weighted by Gasteiger charge is -2.24. The molecular formula is C14H13FN4O3. The van der Waals surface area contributed by atoms with Crippen LogP contribution >= 0.6 is 0 Å². The van der Waals surface area contributed by atoms with Crippen LogP contribution in [0.25, 0.3) is 10.9 Å². The zero-order chi connectivity index (χ0) is 16.9. The first kappa shape index (κ1) is 12.9. The number of imide groups is 1. The minimum Gasteiger partial charge on any atom is -0.398 e. The first-order valence-electron chi connectivity index (χ1n) is 7.07. The van der Waals surface area contributed by atoms with E-state index >= 15 is 0 Å². The molecule has 1 aromatic carbocycles. The third-order valence-corrected chi connectivity index (χ3v) is 3.51. The third-order valence-electron chi connectivity index (χ3n) is 3.51. The number of carbonyl (C=O) groups excluding carboxylic acids is 2. The van der Waals surface area contributed by atoms with E-state index in [2.05, 4.69) is 10.3 Å². The Morgan fingerprint density at radius 2 is 2.18 bits per heavy atom. The number of aryl methyl sites for hydroxylation is 1. The molecule has 2 heterocycles. The van der Waals surface area contributed by atoms with Crippen molar-refractivity contribution in [3.05, 3.63) is 34.1 Å². The average molecular weight is 305 g/mol. The van der Waals surface area contributed by atoms with E-state index < -0.39 is 29.2 Å². The van der Waals surface area contributed by atoms with Crippen molar-refractivity contribution in [2.75, 3.05) is 5.73 Å². The second kappa shape index (κ2) is 4.90. The van der Waals surface area contributed by atoms with Gasteiger partial charge < -0.3 is 5.73 Å². The normalized spacial score (nSPS) is 22.5. The third kappa shape index (κ3) is 2.12. The highest BCUT2D eigenvalue weighted by molar-refractivity contribution is 5.99. The fraction of sp³-hybridized carbons (Fsp3) is 0.286. The van der Waals surface area contributed by atoms with Crippen LogP contribution in [0.1, 0.15) is 26.1 Å². The predicted octanol–water partition coefficient (Wildman–Crippen LogP) is 0.404. The molecule has 3 N–H and O–H groups in total. The lowest BCUT2D eigenvalue weighted by molar-refractivity contribution is -0.135. The monoisotopic (exact) mass is 305 g/mol. The Morgan fingerprint density at radius 1 is 1.45 bits per heavy atom. The Morgan fingerprint density at radius 3 is 2.86 bits per heavy atom. The number of nitrogens with two attached hydrogens (primary N) is 1. The molecule has 1 unspecified atom stereocenters. The summed E-state index contributed by atoms with van der Waals surface area (Å²) in [5.74, 6) is -1.98. The molecule has 8 heteroatoms. The van der Waals surface area contributed by atoms with Crippen LogP contribution in [0.2, 0.25) is 0 Å². The second-order valence-electron chi connectivity index (χ2n) is 5.01. The van der Waals surface area contributed by atoms with Crippen molar-refractivity contribution in [1.29, 1.82) is 0 Å². The van der Waals surface area contributed by atoms with Gasteiger partial charge in [-0.1, -0.05) is 0 Å². The topological polar surface area (TPSA) is 107 Å². The molecule has 0 aliphatic carbocycles. The minimum absolute atomic E-state index is 0.0529. The summed E-state index contributed by atoms with van der Waals surface area (Å²) in [6.45, 7) is 1.43. The Balaban J connectivity index is 2.33. The molecule has 0 spiro atoms. The summed E-state index contributed by atoms with van der Waals surface area (Å²) in [6.07, 6.45) is -0.231. The summed E-state index contributed by atoms with van der Waals surface area (Å²) in [5.41, 5.74) is 4.91. The van der Waals surface area contributed by atoms with Gasteiger partial charge >= 0.3 is 0 Å². The van der Waals surface area contributed by atoms with Gasteiger partial charge in [0.05, 0.1) is 12.3 Å². The van der Waals surface area contributed by atoms with E-state index in [9.17, 15) is 18.8 Å². The van der Waals surface area contributed by atoms with E-state index in [0.717, 1.165) is 16.7 Å². The largest absolute Gasteiger partial charge is 0.398 e. The predicted molar refractivity (Wildman–Crippen MR) is 76.5 cm³/mol. The van der Waals surface area contributed by atoms with Crippen molar-refractivity contribution in [1.82, 2.24) is 14.9 Å². The molecule has 1 aliphatic rings. The zero-order valence-electron chi connectivity index (χ0n) is 12.6. The van der Waals surface area contributed by atoms with Crippen LogP contribution in [0.5, 0.6) is 0 Å². The molecule has 2 amide bonds. The number of hydrogen-bond donors (Lipinski definition) is 2. The van der Waals surface area contributed by atoms with Crippen LogP contribution in [0, 0.1) is 12.7 Å². The van der Waals surface area contributed by atoms with Crippen molar-refractivity contribution in [2.45, 2.75) is 25.8 Å². The van der Waals surface area contributed by atoms with Gasteiger partial charge in [-0.25, -0.2) is 9.37 Å². The average Bonchev–Trinajstić information content (AvgIpc) is 2.42. The van der Waals surface area contributed by atoms with Crippen molar-refractivity contribution >= 4 is 28.4 Å². The van der Waals surface area contributed by atoms with Gasteiger partial charge in [0.15, 0.2) is 0 Å². The number of anilines is 1. The summed E-state index contributed by atoms with van der Waals surface area (Å²) >= 11 is 0. The standard InChI is InChI=1S/C14H13FN4O3/c1-6-17-9-5-7(15)4-8(16)12(9)14(22)19(6)10-2-3-11(20)18-13(10)21/h4-5,10H,2-3,16H2,1H3,(H,18,20,21)/i10D. The summed E-state index contributed by atoms with van der Waals surface area (Å²) in [7, 11) is 0. The Kier molecular flexibility index (Phi) is 2.88. The van der Waals surface area contributed by atoms with E-state index in [1.54, 1.807) is 0 Å². The number of hydrogen-bond acceptors (Lipinski definition) is 5. The number of nitrogen functional groups attached to an aromatic ring is 1. The highest BCUT2D eigenvalue weighted by Crippen LogP contribution is 2.22. The van der Waals surface area contributed by atoms with Crippen molar-refractivity contribution < 1.29 is 15.4 Å². The van der Waals surface area contributed by atoms with Gasteiger partial charge in [0, 0.05) is 18.2 Å². The number of benzene rings is 1. The van der Waals surface area contributed by atoms with Crippen molar-refractivity contribution in [3.63, 3.8) is 0 Å². The first-order chi connectivity index (χ1) is 10.7. The van der Waals surface area contributed by atoms with Gasteiger partial charge in [0.25, 0.3) is 5.56 Å².